The largest absolute Gasteiger partial charge is 0.756 e. The van der Waals surface area contributed by atoms with Crippen molar-refractivity contribution >= 4 is 13.7 Å². The number of hydrogen-bond acceptors (Lipinski definition) is 6. The molecule has 0 aliphatic heterocycles. The average molecular weight is 976 g/mol. The molecule has 0 aromatic heterocycles. The number of rotatable bonds is 52. The highest BCUT2D eigenvalue weighted by atomic mass is 31.2. The van der Waals surface area contributed by atoms with Crippen LogP contribution in [0.5, 0.6) is 0 Å². The highest BCUT2D eigenvalue weighted by Gasteiger charge is 2.23. The summed E-state index contributed by atoms with van der Waals surface area (Å²) < 4.78 is 23.3. The van der Waals surface area contributed by atoms with Crippen LogP contribution in [0.4, 0.5) is 0 Å². The molecule has 8 nitrogen and oxygen atoms in total. The minimum absolute atomic E-state index is 0.00100. The maximum Gasteiger partial charge on any atom is 0.268 e. The Balaban J connectivity index is 4.08. The summed E-state index contributed by atoms with van der Waals surface area (Å²) in [6, 6.07) is -0.886. The lowest BCUT2D eigenvalue weighted by molar-refractivity contribution is -0.870. The van der Waals surface area contributed by atoms with E-state index < -0.39 is 20.0 Å². The van der Waals surface area contributed by atoms with Gasteiger partial charge in [0.05, 0.1) is 39.9 Å². The Hall–Kier alpha value is -1.80. The van der Waals surface area contributed by atoms with Crippen LogP contribution in [-0.2, 0) is 18.4 Å². The van der Waals surface area contributed by atoms with E-state index in [0.717, 1.165) is 64.2 Å². The summed E-state index contributed by atoms with van der Waals surface area (Å²) in [6.45, 7) is 4.55. The molecule has 0 spiro atoms. The van der Waals surface area contributed by atoms with E-state index >= 15 is 0 Å². The van der Waals surface area contributed by atoms with Crippen molar-refractivity contribution in [2.24, 2.45) is 0 Å². The van der Waals surface area contributed by atoms with Gasteiger partial charge in [0.25, 0.3) is 7.82 Å². The van der Waals surface area contributed by atoms with Crippen LogP contribution in [0.2, 0.25) is 0 Å². The molecule has 0 bridgehead atoms. The first kappa shape index (κ1) is 66.2. The second-order valence-electron chi connectivity index (χ2n) is 20.6. The molecule has 398 valence electrons. The van der Waals surface area contributed by atoms with E-state index in [9.17, 15) is 19.4 Å². The molecule has 68 heavy (non-hydrogen) atoms. The number of hydrogen-bond donors (Lipinski definition) is 2. The number of carbonyl (C=O) groups is 1. The van der Waals surface area contributed by atoms with Gasteiger partial charge in [0, 0.05) is 6.42 Å². The molecule has 9 heteroatoms. The molecule has 0 saturated heterocycles. The second kappa shape index (κ2) is 50.2. The number of nitrogens with zero attached hydrogens (tertiary/aromatic N) is 1. The van der Waals surface area contributed by atoms with Crippen molar-refractivity contribution < 1.29 is 32.9 Å². The zero-order chi connectivity index (χ0) is 49.9. The molecule has 0 rings (SSSR count). The number of nitrogens with one attached hydrogen (secondary N) is 1. The summed E-state index contributed by atoms with van der Waals surface area (Å²) >= 11 is 0. The molecule has 3 atom stereocenters. The lowest BCUT2D eigenvalue weighted by Gasteiger charge is -2.29. The van der Waals surface area contributed by atoms with Crippen molar-refractivity contribution in [2.45, 2.75) is 270 Å². The van der Waals surface area contributed by atoms with Crippen molar-refractivity contribution in [2.75, 3.05) is 40.9 Å². The molecule has 3 unspecified atom stereocenters. The Labute approximate surface area is 422 Å². The standard InChI is InChI=1S/C59H111N2O6P/c1-6-8-10-12-14-16-18-20-22-23-24-25-26-27-28-29-30-31-32-33-34-35-36-37-39-41-43-45-47-49-51-53-59(63)60-57(56-67-68(64,65)66-55-54-61(3,4)5)58(62)52-50-48-46-44-42-40-38-21-19-17-15-13-11-9-7-2/h8,10,14,16,20,22,24-25,50,52,57-58,62H,6-7,9,11-13,15,17-19,21,23,26-49,51,53-56H2,1-5H3,(H-,60,63,64,65)/b10-8-,16-14-,22-20-,25-24-,52-50+. The van der Waals surface area contributed by atoms with E-state index in [1.807, 2.05) is 27.2 Å². The number of likely N-dealkylation sites (N-methyl/N-ethyl adjacent to an activating group) is 1. The van der Waals surface area contributed by atoms with E-state index in [0.29, 0.717) is 17.4 Å². The number of quaternary nitrogens is 1. The first-order chi connectivity index (χ1) is 33.0. The van der Waals surface area contributed by atoms with Crippen molar-refractivity contribution in [3.05, 3.63) is 60.8 Å². The number of phosphoric acid groups is 1. The predicted octanol–water partition coefficient (Wildman–Crippen LogP) is 16.7. The Morgan fingerprint density at radius 3 is 1.31 bits per heavy atom. The van der Waals surface area contributed by atoms with E-state index in [1.165, 1.54) is 173 Å². The Morgan fingerprint density at radius 2 is 0.897 bits per heavy atom. The van der Waals surface area contributed by atoms with Crippen molar-refractivity contribution in [3.63, 3.8) is 0 Å². The first-order valence-corrected chi connectivity index (χ1v) is 30.1. The monoisotopic (exact) mass is 975 g/mol. The highest BCUT2D eigenvalue weighted by molar-refractivity contribution is 7.45. The first-order valence-electron chi connectivity index (χ1n) is 28.7. The number of carbonyl (C=O) groups excluding carboxylic acids is 1. The SMILES string of the molecule is CC/C=C\C/C=C\C/C=C\C/C=C\CCCCCCCCCCCCCCCCCCCCC(=O)NC(COP(=O)([O-])OCC[N+](C)(C)C)C(O)/C=C/CCCCCCCCCCCCCCC. The van der Waals surface area contributed by atoms with Crippen molar-refractivity contribution in [3.8, 4) is 0 Å². The highest BCUT2D eigenvalue weighted by Crippen LogP contribution is 2.38. The van der Waals surface area contributed by atoms with Gasteiger partial charge in [-0.15, -0.1) is 0 Å². The fourth-order valence-electron chi connectivity index (χ4n) is 8.26. The third-order valence-electron chi connectivity index (χ3n) is 12.7. The summed E-state index contributed by atoms with van der Waals surface area (Å²) in [4.78, 5) is 25.5. The zero-order valence-corrected chi connectivity index (χ0v) is 46.2. The van der Waals surface area contributed by atoms with Gasteiger partial charge in [-0.25, -0.2) is 0 Å². The van der Waals surface area contributed by atoms with E-state index in [-0.39, 0.29) is 19.1 Å². The number of phosphoric ester groups is 1. The van der Waals surface area contributed by atoms with Crippen molar-refractivity contribution in [1.29, 1.82) is 0 Å². The Morgan fingerprint density at radius 1 is 0.529 bits per heavy atom. The molecular weight excluding hydrogens is 864 g/mol. The smallest absolute Gasteiger partial charge is 0.268 e. The number of aliphatic hydroxyl groups excluding tert-OH is 1. The minimum Gasteiger partial charge on any atom is -0.756 e. The van der Waals surface area contributed by atoms with Crippen LogP contribution < -0.4 is 10.2 Å². The predicted molar refractivity (Wildman–Crippen MR) is 293 cm³/mol. The molecule has 0 saturated carbocycles. The maximum absolute atomic E-state index is 13.0. The van der Waals surface area contributed by atoms with Gasteiger partial charge >= 0.3 is 0 Å². The molecule has 0 heterocycles. The molecule has 0 aliphatic carbocycles. The Kier molecular flexibility index (Phi) is 48.8. The fourth-order valence-corrected chi connectivity index (χ4v) is 8.99. The zero-order valence-electron chi connectivity index (χ0n) is 45.3. The third-order valence-corrected chi connectivity index (χ3v) is 13.7. The number of allylic oxidation sites excluding steroid dienone is 9. The van der Waals surface area contributed by atoms with Crippen molar-refractivity contribution in [1.82, 2.24) is 5.32 Å². The van der Waals surface area contributed by atoms with Gasteiger partial charge in [-0.05, 0) is 57.8 Å². The molecule has 0 aromatic carbocycles. The summed E-state index contributed by atoms with van der Waals surface area (Å²) in [5.41, 5.74) is 0. The van der Waals surface area contributed by atoms with Gasteiger partial charge in [-0.3, -0.25) is 9.36 Å². The van der Waals surface area contributed by atoms with Gasteiger partial charge in [0.15, 0.2) is 0 Å². The number of aliphatic hydroxyl groups is 1. The van der Waals surface area contributed by atoms with Crippen LogP contribution in [0.15, 0.2) is 60.8 Å². The topological polar surface area (TPSA) is 108 Å². The average Bonchev–Trinajstić information content (AvgIpc) is 3.30. The lowest BCUT2D eigenvalue weighted by Crippen LogP contribution is -2.45. The lowest BCUT2D eigenvalue weighted by atomic mass is 10.0. The van der Waals surface area contributed by atoms with E-state index in [2.05, 4.69) is 67.8 Å². The molecule has 0 fully saturated rings. The van der Waals surface area contributed by atoms with Crippen LogP contribution in [0.3, 0.4) is 0 Å². The van der Waals surface area contributed by atoms with Crippen LogP contribution in [-0.4, -0.2) is 68.5 Å². The third kappa shape index (κ3) is 52.0. The van der Waals surface area contributed by atoms with Crippen LogP contribution in [0.1, 0.15) is 258 Å². The summed E-state index contributed by atoms with van der Waals surface area (Å²) in [6.07, 6.45) is 67.2. The summed E-state index contributed by atoms with van der Waals surface area (Å²) in [5.74, 6) is -0.196. The molecule has 0 radical (unpaired) electrons. The molecular formula is C59H111N2O6P. The summed E-state index contributed by atoms with van der Waals surface area (Å²) in [7, 11) is 1.27. The molecule has 0 aliphatic rings. The molecule has 2 N–H and O–H groups in total. The second-order valence-corrected chi connectivity index (χ2v) is 22.0. The normalized spacial score (nSPS) is 14.4. The van der Waals surface area contributed by atoms with Gasteiger partial charge in [0.2, 0.25) is 5.91 Å². The van der Waals surface area contributed by atoms with Gasteiger partial charge in [-0.2, -0.15) is 0 Å². The fraction of sp³-hybridized carbons (Fsp3) is 0.814. The van der Waals surface area contributed by atoms with Crippen LogP contribution in [0, 0.1) is 0 Å². The van der Waals surface area contributed by atoms with Gasteiger partial charge in [-0.1, -0.05) is 254 Å². The van der Waals surface area contributed by atoms with Crippen LogP contribution >= 0.6 is 7.82 Å². The van der Waals surface area contributed by atoms with E-state index in [1.54, 1.807) is 6.08 Å². The maximum atomic E-state index is 13.0. The number of amides is 1. The minimum atomic E-state index is -4.59. The summed E-state index contributed by atoms with van der Waals surface area (Å²) in [5, 5.41) is 13.9. The quantitative estimate of drug-likeness (QED) is 0.0272. The molecule has 0 aromatic rings. The Bertz CT molecular complexity index is 1290. The van der Waals surface area contributed by atoms with Gasteiger partial charge in [0.1, 0.15) is 13.2 Å². The number of unbranched alkanes of at least 4 members (excludes halogenated alkanes) is 31. The molecule has 1 amide bonds. The van der Waals surface area contributed by atoms with Crippen LogP contribution in [0.25, 0.3) is 0 Å². The van der Waals surface area contributed by atoms with E-state index in [4.69, 9.17) is 9.05 Å². The van der Waals surface area contributed by atoms with Gasteiger partial charge < -0.3 is 28.8 Å².